The van der Waals surface area contributed by atoms with E-state index in [9.17, 15) is 31.2 Å². The number of rotatable bonds is 6. The molecule has 3 aromatic carbocycles. The van der Waals surface area contributed by atoms with Crippen LogP contribution in [0.3, 0.4) is 0 Å². The van der Waals surface area contributed by atoms with Gasteiger partial charge in [0.15, 0.2) is 17.2 Å². The van der Waals surface area contributed by atoms with Crippen molar-refractivity contribution in [2.24, 2.45) is 0 Å². The molecule has 2 bridgehead atoms. The van der Waals surface area contributed by atoms with Gasteiger partial charge in [0.1, 0.15) is 0 Å². The number of amides is 1. The van der Waals surface area contributed by atoms with E-state index in [1.165, 1.54) is 47.0 Å². The molecule has 2 unspecified atom stereocenters. The minimum atomic E-state index is -4.88. The normalized spacial score (nSPS) is 18.6. The van der Waals surface area contributed by atoms with Gasteiger partial charge in [-0.05, 0) is 67.4 Å². The number of sulfonamides is 1. The Kier molecular flexibility index (Phi) is 7.28. The van der Waals surface area contributed by atoms with Gasteiger partial charge in [-0.1, -0.05) is 6.07 Å². The minimum absolute atomic E-state index is 0.0241. The summed E-state index contributed by atoms with van der Waals surface area (Å²) in [6, 6.07) is 14.5. The van der Waals surface area contributed by atoms with Crippen LogP contribution in [0.25, 0.3) is 5.69 Å². The molecule has 0 aliphatic carbocycles. The van der Waals surface area contributed by atoms with Crippen molar-refractivity contribution in [3.63, 3.8) is 0 Å². The Morgan fingerprint density at radius 1 is 0.979 bits per heavy atom. The molecule has 0 saturated carbocycles. The molecule has 3 aliphatic heterocycles. The summed E-state index contributed by atoms with van der Waals surface area (Å²) >= 11 is 0. The summed E-state index contributed by atoms with van der Waals surface area (Å²) in [5, 5.41) is 3.99. The number of carbonyl (C=O) groups is 2. The fourth-order valence-corrected chi connectivity index (χ4v) is 8.36. The molecule has 1 fully saturated rings. The van der Waals surface area contributed by atoms with Crippen molar-refractivity contribution in [2.75, 3.05) is 25.9 Å². The maximum atomic E-state index is 14.6. The number of carbonyl (C=O) groups excluding carboxylic acids is 2. The molecule has 4 heterocycles. The number of nitrogens with zero attached hydrogens (tertiary/aromatic N) is 4. The standard InChI is InChI=1S/C32H27F3N4O7S/c1-37(20-9-13-26-27(16-20)46-17-45-26)30(40)19-4-3-5-21(14-19)38-25-15-22-8-12-24(28(25)29(36-38)32(33,34)35)39(22)47(42,43)23-10-6-18(7-11-23)31(41)44-2/h3-7,9-11,13-14,16,22,24H,8,12,15,17H2,1-2H3. The second kappa shape index (κ2) is 11.1. The summed E-state index contributed by atoms with van der Waals surface area (Å²) in [5.74, 6) is -0.0254. The summed E-state index contributed by atoms with van der Waals surface area (Å²) < 4.78 is 89.1. The lowest BCUT2D eigenvalue weighted by molar-refractivity contribution is -0.142. The molecule has 2 atom stereocenters. The van der Waals surface area contributed by atoms with Crippen molar-refractivity contribution in [2.45, 2.75) is 42.4 Å². The summed E-state index contributed by atoms with van der Waals surface area (Å²) in [6.07, 6.45) is -4.39. The Morgan fingerprint density at radius 2 is 1.72 bits per heavy atom. The lowest BCUT2D eigenvalue weighted by Crippen LogP contribution is -2.42. The molecule has 47 heavy (non-hydrogen) atoms. The number of halogens is 3. The quantitative estimate of drug-likeness (QED) is 0.260. The first-order valence-electron chi connectivity index (χ1n) is 14.6. The average molecular weight is 669 g/mol. The number of esters is 1. The van der Waals surface area contributed by atoms with E-state index in [-0.39, 0.29) is 52.6 Å². The molecule has 1 amide bonds. The van der Waals surface area contributed by atoms with E-state index in [1.54, 1.807) is 43.4 Å². The molecule has 244 valence electrons. The lowest BCUT2D eigenvalue weighted by Gasteiger charge is -2.34. The number of aromatic nitrogens is 2. The van der Waals surface area contributed by atoms with Crippen molar-refractivity contribution in [1.82, 2.24) is 14.1 Å². The zero-order valence-electron chi connectivity index (χ0n) is 25.0. The summed E-state index contributed by atoms with van der Waals surface area (Å²) in [4.78, 5) is 26.6. The SMILES string of the molecule is COC(=O)c1ccc(S(=O)(=O)N2C3CCC2c2c(C(F)(F)F)nn(-c4cccc(C(=O)N(C)c5ccc6c(c5)OCO6)c4)c2C3)cc1. The first kappa shape index (κ1) is 30.7. The zero-order valence-corrected chi connectivity index (χ0v) is 25.8. The number of alkyl halides is 3. The van der Waals surface area contributed by atoms with Crippen LogP contribution in [-0.2, 0) is 27.4 Å². The van der Waals surface area contributed by atoms with Gasteiger partial charge in [0.2, 0.25) is 16.8 Å². The van der Waals surface area contributed by atoms with Gasteiger partial charge < -0.3 is 19.1 Å². The molecule has 7 rings (SSSR count). The summed E-state index contributed by atoms with van der Waals surface area (Å²) in [6.45, 7) is 0.0716. The second-order valence-electron chi connectivity index (χ2n) is 11.4. The van der Waals surface area contributed by atoms with Gasteiger partial charge in [-0.15, -0.1) is 0 Å². The van der Waals surface area contributed by atoms with Crippen LogP contribution >= 0.6 is 0 Å². The van der Waals surface area contributed by atoms with Gasteiger partial charge in [-0.2, -0.15) is 22.6 Å². The zero-order chi connectivity index (χ0) is 33.2. The molecular formula is C32H27F3N4O7S. The van der Waals surface area contributed by atoms with Gasteiger partial charge in [-0.3, -0.25) is 4.79 Å². The highest BCUT2D eigenvalue weighted by Crippen LogP contribution is 2.51. The van der Waals surface area contributed by atoms with Crippen LogP contribution in [0, 0.1) is 0 Å². The van der Waals surface area contributed by atoms with Gasteiger partial charge in [0.05, 0.1) is 35.0 Å². The fourth-order valence-electron chi connectivity index (χ4n) is 6.52. The van der Waals surface area contributed by atoms with Crippen molar-refractivity contribution < 1.29 is 45.4 Å². The third kappa shape index (κ3) is 5.09. The Hall–Kier alpha value is -4.89. The first-order valence-corrected chi connectivity index (χ1v) is 16.0. The lowest BCUT2D eigenvalue weighted by atomic mass is 9.99. The molecule has 4 aromatic rings. The van der Waals surface area contributed by atoms with Gasteiger partial charge in [0, 0.05) is 42.4 Å². The van der Waals surface area contributed by atoms with E-state index in [2.05, 4.69) is 9.84 Å². The number of methoxy groups -OCH3 is 1. The maximum Gasteiger partial charge on any atom is 0.435 e. The van der Waals surface area contributed by atoms with Gasteiger partial charge in [-0.25, -0.2) is 17.9 Å². The van der Waals surface area contributed by atoms with Crippen LogP contribution in [0.2, 0.25) is 0 Å². The highest BCUT2D eigenvalue weighted by molar-refractivity contribution is 7.89. The van der Waals surface area contributed by atoms with Crippen LogP contribution in [0.15, 0.2) is 71.6 Å². The molecule has 11 nitrogen and oxygen atoms in total. The van der Waals surface area contributed by atoms with Crippen molar-refractivity contribution in [3.05, 3.63) is 94.8 Å². The molecule has 0 radical (unpaired) electrons. The largest absolute Gasteiger partial charge is 0.465 e. The molecule has 0 spiro atoms. The Labute approximate surface area is 267 Å². The number of ether oxygens (including phenoxy) is 3. The Bertz CT molecular complexity index is 2030. The van der Waals surface area contributed by atoms with E-state index in [0.717, 1.165) is 4.31 Å². The molecule has 15 heteroatoms. The summed E-state index contributed by atoms with van der Waals surface area (Å²) in [7, 11) is -1.49. The van der Waals surface area contributed by atoms with E-state index >= 15 is 0 Å². The van der Waals surface area contributed by atoms with Crippen LogP contribution in [0.4, 0.5) is 18.9 Å². The minimum Gasteiger partial charge on any atom is -0.465 e. The number of hydrogen-bond donors (Lipinski definition) is 0. The number of benzene rings is 3. The van der Waals surface area contributed by atoms with E-state index < -0.39 is 45.9 Å². The monoisotopic (exact) mass is 668 g/mol. The molecule has 1 saturated heterocycles. The van der Waals surface area contributed by atoms with Crippen LogP contribution < -0.4 is 14.4 Å². The predicted molar refractivity (Wildman–Crippen MR) is 160 cm³/mol. The highest BCUT2D eigenvalue weighted by Gasteiger charge is 2.53. The van der Waals surface area contributed by atoms with Crippen molar-refractivity contribution >= 4 is 27.6 Å². The third-order valence-corrected chi connectivity index (χ3v) is 10.7. The van der Waals surface area contributed by atoms with Crippen molar-refractivity contribution in [3.8, 4) is 17.2 Å². The highest BCUT2D eigenvalue weighted by atomic mass is 32.2. The van der Waals surface area contributed by atoms with Gasteiger partial charge >= 0.3 is 12.1 Å². The Balaban J connectivity index is 1.24. The van der Waals surface area contributed by atoms with Crippen molar-refractivity contribution in [1.29, 1.82) is 0 Å². The fraction of sp³-hybridized carbons (Fsp3) is 0.281. The third-order valence-electron chi connectivity index (χ3n) is 8.73. The predicted octanol–water partition coefficient (Wildman–Crippen LogP) is 5.13. The molecule has 1 aromatic heterocycles. The van der Waals surface area contributed by atoms with Gasteiger partial charge in [0.25, 0.3) is 5.91 Å². The smallest absolute Gasteiger partial charge is 0.435 e. The first-order chi connectivity index (χ1) is 22.4. The average Bonchev–Trinajstić information content (AvgIpc) is 3.79. The van der Waals surface area contributed by atoms with Crippen LogP contribution in [-0.4, -0.2) is 61.4 Å². The number of fused-ring (bicyclic) bond motifs is 5. The van der Waals surface area contributed by atoms with E-state index in [1.807, 2.05) is 0 Å². The number of hydrogen-bond acceptors (Lipinski definition) is 8. The molecule has 0 N–H and O–H groups in total. The molecular weight excluding hydrogens is 641 g/mol. The van der Waals surface area contributed by atoms with Crippen LogP contribution in [0.5, 0.6) is 11.5 Å². The second-order valence-corrected chi connectivity index (χ2v) is 13.2. The van der Waals surface area contributed by atoms with E-state index in [4.69, 9.17) is 9.47 Å². The Morgan fingerprint density at radius 3 is 2.45 bits per heavy atom. The molecule has 3 aliphatic rings. The van der Waals surface area contributed by atoms with Crippen LogP contribution in [0.1, 0.15) is 56.6 Å². The topological polar surface area (TPSA) is 120 Å². The van der Waals surface area contributed by atoms with E-state index in [0.29, 0.717) is 23.6 Å². The summed E-state index contributed by atoms with van der Waals surface area (Å²) in [5.41, 5.74) is -0.0266. The number of anilines is 1. The maximum absolute atomic E-state index is 14.6.